The van der Waals surface area contributed by atoms with Crippen LogP contribution in [0.25, 0.3) is 0 Å². The van der Waals surface area contributed by atoms with Crippen LogP contribution in [-0.4, -0.2) is 29.0 Å². The van der Waals surface area contributed by atoms with Crippen molar-refractivity contribution in [2.24, 2.45) is 5.92 Å². The Labute approximate surface area is 233 Å². The Morgan fingerprint density at radius 1 is 0.868 bits per heavy atom. The van der Waals surface area contributed by atoms with Gasteiger partial charge in [0.25, 0.3) is 5.91 Å². The number of aromatic nitrogens is 2. The van der Waals surface area contributed by atoms with Crippen molar-refractivity contribution in [1.29, 1.82) is 0 Å². The molecule has 38 heavy (non-hydrogen) atoms. The van der Waals surface area contributed by atoms with E-state index < -0.39 is 0 Å². The number of rotatable bonds is 9. The summed E-state index contributed by atoms with van der Waals surface area (Å²) in [4.78, 5) is 24.1. The van der Waals surface area contributed by atoms with Gasteiger partial charge < -0.3 is 10.2 Å². The van der Waals surface area contributed by atoms with Crippen molar-refractivity contribution >= 4 is 35.1 Å². The van der Waals surface area contributed by atoms with E-state index in [-0.39, 0.29) is 5.91 Å². The summed E-state index contributed by atoms with van der Waals surface area (Å²) in [7, 11) is 0. The Morgan fingerprint density at radius 3 is 2.21 bits per heavy atom. The summed E-state index contributed by atoms with van der Waals surface area (Å²) in [6.45, 7) is 2.46. The SMILES string of the molecule is O=C(NCc1ccccc1)c1ccc(CSc2nc(Cl)cc(N3CCC(Cc4ccccc4)CC3)n2)cc1. The van der Waals surface area contributed by atoms with Crippen LogP contribution in [0.2, 0.25) is 5.15 Å². The summed E-state index contributed by atoms with van der Waals surface area (Å²) in [6.07, 6.45) is 3.42. The van der Waals surface area contributed by atoms with Crippen molar-refractivity contribution in [3.8, 4) is 0 Å². The fourth-order valence-electron chi connectivity index (χ4n) is 4.71. The second-order valence-corrected chi connectivity index (χ2v) is 10.9. The van der Waals surface area contributed by atoms with Crippen LogP contribution >= 0.6 is 23.4 Å². The molecule has 7 heteroatoms. The van der Waals surface area contributed by atoms with E-state index in [2.05, 4.69) is 45.5 Å². The number of amides is 1. The average molecular weight is 543 g/mol. The van der Waals surface area contributed by atoms with Gasteiger partial charge in [0.05, 0.1) is 0 Å². The predicted octanol–water partition coefficient (Wildman–Crippen LogP) is 6.81. The summed E-state index contributed by atoms with van der Waals surface area (Å²) in [5.74, 6) is 2.22. The second kappa shape index (κ2) is 12.9. The molecule has 194 valence electrons. The molecule has 0 saturated carbocycles. The average Bonchev–Trinajstić information content (AvgIpc) is 2.96. The maximum Gasteiger partial charge on any atom is 0.251 e. The normalized spacial score (nSPS) is 13.9. The van der Waals surface area contributed by atoms with Crippen molar-refractivity contribution in [3.05, 3.63) is 118 Å². The monoisotopic (exact) mass is 542 g/mol. The Kier molecular flexibility index (Phi) is 8.94. The van der Waals surface area contributed by atoms with E-state index in [0.717, 1.165) is 49.3 Å². The maximum atomic E-state index is 12.5. The molecule has 5 nitrogen and oxygen atoms in total. The number of hydrogen-bond donors (Lipinski definition) is 1. The number of hydrogen-bond acceptors (Lipinski definition) is 5. The number of piperidine rings is 1. The van der Waals surface area contributed by atoms with Gasteiger partial charge in [-0.2, -0.15) is 0 Å². The van der Waals surface area contributed by atoms with Crippen LogP contribution in [0.15, 0.2) is 96.2 Å². The highest BCUT2D eigenvalue weighted by atomic mass is 35.5. The van der Waals surface area contributed by atoms with Crippen molar-refractivity contribution < 1.29 is 4.79 Å². The van der Waals surface area contributed by atoms with Gasteiger partial charge in [-0.3, -0.25) is 4.79 Å². The molecule has 1 fully saturated rings. The first-order chi connectivity index (χ1) is 18.6. The highest BCUT2D eigenvalue weighted by molar-refractivity contribution is 7.98. The molecule has 0 spiro atoms. The van der Waals surface area contributed by atoms with E-state index in [4.69, 9.17) is 16.6 Å². The molecule has 1 saturated heterocycles. The molecule has 0 atom stereocenters. The lowest BCUT2D eigenvalue weighted by atomic mass is 9.90. The van der Waals surface area contributed by atoms with Crippen molar-refractivity contribution in [1.82, 2.24) is 15.3 Å². The smallest absolute Gasteiger partial charge is 0.251 e. The fraction of sp³-hybridized carbons (Fsp3) is 0.258. The third-order valence-corrected chi connectivity index (χ3v) is 7.96. The fourth-order valence-corrected chi connectivity index (χ4v) is 5.74. The quantitative estimate of drug-likeness (QED) is 0.143. The Hall–Kier alpha value is -3.35. The Balaban J connectivity index is 1.12. The van der Waals surface area contributed by atoms with E-state index in [1.165, 1.54) is 5.56 Å². The van der Waals surface area contributed by atoms with Crippen LogP contribution in [0.3, 0.4) is 0 Å². The van der Waals surface area contributed by atoms with E-state index in [0.29, 0.717) is 34.1 Å². The Morgan fingerprint density at radius 2 is 1.53 bits per heavy atom. The van der Waals surface area contributed by atoms with E-state index >= 15 is 0 Å². The van der Waals surface area contributed by atoms with Crippen LogP contribution in [0.5, 0.6) is 0 Å². The minimum atomic E-state index is -0.0802. The van der Waals surface area contributed by atoms with Gasteiger partial charge in [-0.15, -0.1) is 0 Å². The first kappa shape index (κ1) is 26.3. The topological polar surface area (TPSA) is 58.1 Å². The molecule has 0 bridgehead atoms. The van der Waals surface area contributed by atoms with Crippen LogP contribution in [0, 0.1) is 5.92 Å². The number of carbonyl (C=O) groups is 1. The lowest BCUT2D eigenvalue weighted by Crippen LogP contribution is -2.35. The van der Waals surface area contributed by atoms with Gasteiger partial charge in [-0.25, -0.2) is 9.97 Å². The molecule has 1 aliphatic rings. The molecular formula is C31H31ClN4OS. The molecule has 0 unspecified atom stereocenters. The largest absolute Gasteiger partial charge is 0.356 e. The molecule has 1 aliphatic heterocycles. The van der Waals surface area contributed by atoms with Crippen LogP contribution < -0.4 is 10.2 Å². The first-order valence-electron chi connectivity index (χ1n) is 13.0. The number of halogens is 1. The van der Waals surface area contributed by atoms with Crippen molar-refractivity contribution in [2.75, 3.05) is 18.0 Å². The molecule has 3 aromatic carbocycles. The summed E-state index contributed by atoms with van der Waals surface area (Å²) in [5.41, 5.74) is 4.23. The van der Waals surface area contributed by atoms with E-state index in [9.17, 15) is 4.79 Å². The zero-order chi connectivity index (χ0) is 26.2. The number of nitrogens with one attached hydrogen (secondary N) is 1. The van der Waals surface area contributed by atoms with E-state index in [1.54, 1.807) is 11.8 Å². The number of nitrogens with zero attached hydrogens (tertiary/aromatic N) is 3. The lowest BCUT2D eigenvalue weighted by Gasteiger charge is -2.33. The molecule has 0 radical (unpaired) electrons. The highest BCUT2D eigenvalue weighted by Gasteiger charge is 2.21. The molecular weight excluding hydrogens is 512 g/mol. The maximum absolute atomic E-state index is 12.5. The summed E-state index contributed by atoms with van der Waals surface area (Å²) < 4.78 is 0. The van der Waals surface area contributed by atoms with Crippen LogP contribution in [-0.2, 0) is 18.7 Å². The van der Waals surface area contributed by atoms with Gasteiger partial charge in [0.15, 0.2) is 5.16 Å². The summed E-state index contributed by atoms with van der Waals surface area (Å²) in [6, 6.07) is 30.2. The van der Waals surface area contributed by atoms with E-state index in [1.807, 2.05) is 60.7 Å². The van der Waals surface area contributed by atoms with Gasteiger partial charge in [0.1, 0.15) is 11.0 Å². The van der Waals surface area contributed by atoms with Gasteiger partial charge >= 0.3 is 0 Å². The van der Waals surface area contributed by atoms with Gasteiger partial charge in [-0.05, 0) is 54.0 Å². The first-order valence-corrected chi connectivity index (χ1v) is 14.4. The standard InChI is InChI=1S/C31H31ClN4OS/c32-28-20-29(36-17-15-24(16-18-36)19-23-7-3-1-4-8-23)35-31(34-28)38-22-26-11-13-27(14-12-26)30(37)33-21-25-9-5-2-6-10-25/h1-14,20,24H,15-19,21-22H2,(H,33,37). The zero-order valence-electron chi connectivity index (χ0n) is 21.2. The molecule has 4 aromatic rings. The summed E-state index contributed by atoms with van der Waals surface area (Å²) in [5, 5.41) is 4.10. The minimum absolute atomic E-state index is 0.0802. The highest BCUT2D eigenvalue weighted by Crippen LogP contribution is 2.28. The number of carbonyl (C=O) groups excluding carboxylic acids is 1. The molecule has 1 N–H and O–H groups in total. The van der Waals surface area contributed by atoms with Crippen molar-refractivity contribution in [2.45, 2.75) is 36.7 Å². The lowest BCUT2D eigenvalue weighted by molar-refractivity contribution is 0.0951. The van der Waals surface area contributed by atoms with Gasteiger partial charge in [0, 0.05) is 37.0 Å². The van der Waals surface area contributed by atoms with Crippen LogP contribution in [0.1, 0.15) is 39.9 Å². The molecule has 5 rings (SSSR count). The molecule has 1 aromatic heterocycles. The van der Waals surface area contributed by atoms with Gasteiger partial charge in [0.2, 0.25) is 0 Å². The second-order valence-electron chi connectivity index (χ2n) is 9.61. The number of anilines is 1. The van der Waals surface area contributed by atoms with Crippen LogP contribution in [0.4, 0.5) is 5.82 Å². The molecule has 1 amide bonds. The zero-order valence-corrected chi connectivity index (χ0v) is 22.8. The minimum Gasteiger partial charge on any atom is -0.356 e. The number of thioether (sulfide) groups is 1. The number of benzene rings is 3. The Bertz CT molecular complexity index is 1330. The summed E-state index contributed by atoms with van der Waals surface area (Å²) >= 11 is 7.94. The molecule has 0 aliphatic carbocycles. The van der Waals surface area contributed by atoms with Gasteiger partial charge in [-0.1, -0.05) is 96.2 Å². The third-order valence-electron chi connectivity index (χ3n) is 6.85. The molecule has 2 heterocycles. The third kappa shape index (κ3) is 7.36. The van der Waals surface area contributed by atoms with Crippen molar-refractivity contribution in [3.63, 3.8) is 0 Å². The predicted molar refractivity (Wildman–Crippen MR) is 156 cm³/mol.